The van der Waals surface area contributed by atoms with Gasteiger partial charge in [0.05, 0.1) is 5.69 Å². The number of thiophene rings is 1. The molecule has 0 bridgehead atoms. The summed E-state index contributed by atoms with van der Waals surface area (Å²) < 4.78 is 0. The number of rotatable bonds is 3. The number of anilines is 1. The summed E-state index contributed by atoms with van der Waals surface area (Å²) in [7, 11) is 2.00. The number of nitrogens with one attached hydrogen (secondary N) is 1. The van der Waals surface area contributed by atoms with Crippen molar-refractivity contribution < 1.29 is 0 Å². The molecule has 5 heteroatoms. The summed E-state index contributed by atoms with van der Waals surface area (Å²) in [5, 5.41) is 6.68. The molecule has 19 heavy (non-hydrogen) atoms. The van der Waals surface area contributed by atoms with Crippen LogP contribution < -0.4 is 10.2 Å². The Hall–Kier alpha value is -0.910. The molecule has 2 aromatic heterocycles. The van der Waals surface area contributed by atoms with Crippen molar-refractivity contribution in [2.24, 2.45) is 0 Å². The van der Waals surface area contributed by atoms with Crippen LogP contribution in [0.3, 0.4) is 0 Å². The van der Waals surface area contributed by atoms with Crippen molar-refractivity contribution in [1.29, 1.82) is 0 Å². The van der Waals surface area contributed by atoms with Gasteiger partial charge in [0.15, 0.2) is 5.13 Å². The van der Waals surface area contributed by atoms with E-state index in [1.165, 1.54) is 15.6 Å². The van der Waals surface area contributed by atoms with Crippen molar-refractivity contribution in [2.75, 3.05) is 18.5 Å². The molecule has 102 valence electrons. The third-order valence-electron chi connectivity index (χ3n) is 3.73. The van der Waals surface area contributed by atoms with Crippen molar-refractivity contribution in [2.45, 2.75) is 32.9 Å². The van der Waals surface area contributed by atoms with E-state index in [0.29, 0.717) is 6.04 Å². The van der Waals surface area contributed by atoms with Gasteiger partial charge >= 0.3 is 0 Å². The molecule has 1 atom stereocenters. The van der Waals surface area contributed by atoms with E-state index < -0.39 is 0 Å². The van der Waals surface area contributed by atoms with Gasteiger partial charge in [-0.3, -0.25) is 0 Å². The van der Waals surface area contributed by atoms with Crippen molar-refractivity contribution in [3.8, 4) is 0 Å². The lowest BCUT2D eigenvalue weighted by Gasteiger charge is -2.26. The monoisotopic (exact) mass is 293 g/mol. The zero-order valence-electron chi connectivity index (χ0n) is 11.6. The van der Waals surface area contributed by atoms with Gasteiger partial charge in [-0.05, 0) is 44.3 Å². The van der Waals surface area contributed by atoms with E-state index >= 15 is 0 Å². The standard InChI is InChI=1S/C14H19N3S2/c1-9(15-3)13-10(2)16-14(19-13)17-6-4-12-11(8-17)5-7-18-12/h5,7,9,15H,4,6,8H2,1-3H3. The maximum Gasteiger partial charge on any atom is 0.186 e. The largest absolute Gasteiger partial charge is 0.343 e. The summed E-state index contributed by atoms with van der Waals surface area (Å²) in [5.74, 6) is 0. The number of hydrogen-bond acceptors (Lipinski definition) is 5. The Balaban J connectivity index is 1.84. The predicted octanol–water partition coefficient (Wildman–Crippen LogP) is 3.36. The Morgan fingerprint density at radius 2 is 2.32 bits per heavy atom. The molecule has 0 saturated carbocycles. The fraction of sp³-hybridized carbons (Fsp3) is 0.500. The fourth-order valence-electron chi connectivity index (χ4n) is 2.47. The highest BCUT2D eigenvalue weighted by Crippen LogP contribution is 2.34. The minimum atomic E-state index is 0.382. The number of fused-ring (bicyclic) bond motifs is 1. The van der Waals surface area contributed by atoms with Gasteiger partial charge in [0.1, 0.15) is 0 Å². The van der Waals surface area contributed by atoms with Gasteiger partial charge in [-0.15, -0.1) is 22.7 Å². The first-order chi connectivity index (χ1) is 9.19. The second kappa shape index (κ2) is 5.23. The lowest BCUT2D eigenvalue weighted by molar-refractivity contribution is 0.658. The van der Waals surface area contributed by atoms with Crippen LogP contribution in [0.5, 0.6) is 0 Å². The third-order valence-corrected chi connectivity index (χ3v) is 6.15. The minimum Gasteiger partial charge on any atom is -0.343 e. The Morgan fingerprint density at radius 1 is 1.47 bits per heavy atom. The minimum absolute atomic E-state index is 0.382. The number of aromatic nitrogens is 1. The molecule has 1 aliphatic heterocycles. The zero-order chi connectivity index (χ0) is 13.4. The van der Waals surface area contributed by atoms with Crippen LogP contribution in [0.15, 0.2) is 11.4 Å². The normalized spacial score (nSPS) is 16.5. The summed E-state index contributed by atoms with van der Waals surface area (Å²) in [6.45, 7) is 6.41. The van der Waals surface area contributed by atoms with Crippen molar-refractivity contribution in [3.63, 3.8) is 0 Å². The van der Waals surface area contributed by atoms with E-state index in [-0.39, 0.29) is 0 Å². The molecule has 0 radical (unpaired) electrons. The van der Waals surface area contributed by atoms with E-state index in [4.69, 9.17) is 4.98 Å². The van der Waals surface area contributed by atoms with Crippen LogP contribution in [0.25, 0.3) is 0 Å². The zero-order valence-corrected chi connectivity index (χ0v) is 13.2. The summed E-state index contributed by atoms with van der Waals surface area (Å²) >= 11 is 3.72. The van der Waals surface area contributed by atoms with E-state index in [1.807, 2.05) is 29.7 Å². The topological polar surface area (TPSA) is 28.2 Å². The molecule has 3 nitrogen and oxygen atoms in total. The Labute approximate surface area is 122 Å². The van der Waals surface area contributed by atoms with Gasteiger partial charge in [-0.2, -0.15) is 0 Å². The molecule has 1 N–H and O–H groups in total. The van der Waals surface area contributed by atoms with E-state index in [0.717, 1.165) is 25.2 Å². The van der Waals surface area contributed by atoms with Gasteiger partial charge in [0, 0.05) is 28.9 Å². The first-order valence-corrected chi connectivity index (χ1v) is 8.33. The molecular weight excluding hydrogens is 274 g/mol. The van der Waals surface area contributed by atoms with Crippen molar-refractivity contribution >= 4 is 27.8 Å². The van der Waals surface area contributed by atoms with Crippen molar-refractivity contribution in [1.82, 2.24) is 10.3 Å². The summed E-state index contributed by atoms with van der Waals surface area (Å²) in [6.07, 6.45) is 1.16. The first-order valence-electron chi connectivity index (χ1n) is 6.64. The molecule has 3 rings (SSSR count). The number of aryl methyl sites for hydroxylation is 1. The smallest absolute Gasteiger partial charge is 0.186 e. The second-order valence-electron chi connectivity index (χ2n) is 5.00. The molecular formula is C14H19N3S2. The Kier molecular flexibility index (Phi) is 3.60. The number of thiazole rings is 1. The van der Waals surface area contributed by atoms with Crippen LogP contribution in [0.1, 0.15) is 34.0 Å². The highest BCUT2D eigenvalue weighted by molar-refractivity contribution is 7.15. The van der Waals surface area contributed by atoms with Gasteiger partial charge in [-0.25, -0.2) is 4.98 Å². The van der Waals surface area contributed by atoms with E-state index in [2.05, 4.69) is 35.5 Å². The molecule has 1 unspecified atom stereocenters. The van der Waals surface area contributed by atoms with E-state index in [1.54, 1.807) is 4.88 Å². The van der Waals surface area contributed by atoms with Crippen LogP contribution in [0.2, 0.25) is 0 Å². The Morgan fingerprint density at radius 3 is 3.11 bits per heavy atom. The SMILES string of the molecule is CNC(C)c1sc(N2CCc3sccc3C2)nc1C. The average Bonchev–Trinajstić information content (AvgIpc) is 3.03. The van der Waals surface area contributed by atoms with Crippen LogP contribution in [0, 0.1) is 6.92 Å². The molecule has 2 aromatic rings. The van der Waals surface area contributed by atoms with Crippen molar-refractivity contribution in [3.05, 3.63) is 32.5 Å². The summed E-state index contributed by atoms with van der Waals surface area (Å²) in [6, 6.07) is 2.64. The molecule has 3 heterocycles. The number of hydrogen-bond donors (Lipinski definition) is 1. The molecule has 0 aromatic carbocycles. The quantitative estimate of drug-likeness (QED) is 0.940. The average molecular weight is 293 g/mol. The van der Waals surface area contributed by atoms with Gasteiger partial charge in [0.25, 0.3) is 0 Å². The lowest BCUT2D eigenvalue weighted by atomic mass is 10.1. The number of nitrogens with zero attached hydrogens (tertiary/aromatic N) is 2. The maximum absolute atomic E-state index is 4.77. The highest BCUT2D eigenvalue weighted by Gasteiger charge is 2.22. The summed E-state index contributed by atoms with van der Waals surface area (Å²) in [4.78, 5) is 10.1. The van der Waals surface area contributed by atoms with Crippen LogP contribution in [0.4, 0.5) is 5.13 Å². The Bertz CT molecular complexity index is 573. The van der Waals surface area contributed by atoms with Crippen LogP contribution >= 0.6 is 22.7 Å². The fourth-order valence-corrected chi connectivity index (χ4v) is 4.52. The highest BCUT2D eigenvalue weighted by atomic mass is 32.1. The molecule has 0 saturated heterocycles. The van der Waals surface area contributed by atoms with Gasteiger partial charge in [0.2, 0.25) is 0 Å². The third kappa shape index (κ3) is 2.42. The van der Waals surface area contributed by atoms with Crippen LogP contribution in [-0.2, 0) is 13.0 Å². The molecule has 0 amide bonds. The maximum atomic E-state index is 4.77. The van der Waals surface area contributed by atoms with Gasteiger partial charge < -0.3 is 10.2 Å². The lowest BCUT2D eigenvalue weighted by Crippen LogP contribution is -2.29. The first kappa shape index (κ1) is 13.1. The molecule has 1 aliphatic rings. The van der Waals surface area contributed by atoms with Crippen LogP contribution in [-0.4, -0.2) is 18.6 Å². The second-order valence-corrected chi connectivity index (χ2v) is 7.01. The van der Waals surface area contributed by atoms with Gasteiger partial charge in [-0.1, -0.05) is 0 Å². The molecule has 0 spiro atoms. The summed E-state index contributed by atoms with van der Waals surface area (Å²) in [5.41, 5.74) is 2.64. The van der Waals surface area contributed by atoms with E-state index in [9.17, 15) is 0 Å². The molecule has 0 aliphatic carbocycles. The predicted molar refractivity (Wildman–Crippen MR) is 83.4 cm³/mol. The molecule has 0 fully saturated rings.